The van der Waals surface area contributed by atoms with Crippen molar-refractivity contribution >= 4 is 5.97 Å². The van der Waals surface area contributed by atoms with Gasteiger partial charge < -0.3 is 23.7 Å². The highest BCUT2D eigenvalue weighted by atomic mass is 16.8. The van der Waals surface area contributed by atoms with Crippen LogP contribution < -0.4 is 9.47 Å². The molecular weight excluding hydrogens is 362 g/mol. The van der Waals surface area contributed by atoms with Crippen molar-refractivity contribution in [1.29, 1.82) is 0 Å². The number of carbonyl (C=O) groups is 1. The number of benzene rings is 1. The number of fused-ring (bicyclic) bond motifs is 1. The topological polar surface area (TPSA) is 66.5 Å². The second-order valence-corrected chi connectivity index (χ2v) is 8.94. The van der Waals surface area contributed by atoms with Crippen molar-refractivity contribution in [1.82, 2.24) is 4.90 Å². The largest absolute Gasteiger partial charge is 0.479 e. The minimum absolute atomic E-state index is 0.287. The summed E-state index contributed by atoms with van der Waals surface area (Å²) in [5.74, 6) is 0.105. The van der Waals surface area contributed by atoms with Crippen LogP contribution in [0, 0.1) is 0 Å². The van der Waals surface area contributed by atoms with Crippen LogP contribution in [0.5, 0.6) is 11.5 Å². The lowest BCUT2D eigenvalue weighted by Gasteiger charge is -2.62. The molecule has 0 N–H and O–H groups in total. The van der Waals surface area contributed by atoms with Crippen LogP contribution in [0.25, 0.3) is 0 Å². The van der Waals surface area contributed by atoms with Gasteiger partial charge in [-0.15, -0.1) is 0 Å². The zero-order valence-electron chi connectivity index (χ0n) is 15.9. The summed E-state index contributed by atoms with van der Waals surface area (Å²) < 4.78 is 31.3. The number of rotatable bonds is 1. The molecule has 1 aromatic rings. The van der Waals surface area contributed by atoms with E-state index in [1.165, 1.54) is 18.1 Å². The van der Waals surface area contributed by atoms with E-state index in [0.29, 0.717) is 37.5 Å². The van der Waals surface area contributed by atoms with Crippen molar-refractivity contribution in [3.8, 4) is 11.5 Å². The predicted octanol–water partition coefficient (Wildman–Crippen LogP) is 1.50. The first-order chi connectivity index (χ1) is 13.6. The highest BCUT2D eigenvalue weighted by Gasteiger charge is 2.79. The van der Waals surface area contributed by atoms with E-state index in [0.717, 1.165) is 32.2 Å². The maximum Gasteiger partial charge on any atom is 0.308 e. The molecule has 6 aliphatic rings. The fourth-order valence-electron chi connectivity index (χ4n) is 7.20. The molecule has 4 bridgehead atoms. The molecule has 1 saturated carbocycles. The monoisotopic (exact) mass is 385 g/mol. The summed E-state index contributed by atoms with van der Waals surface area (Å²) in [6.07, 6.45) is 3.24. The minimum Gasteiger partial charge on any atom is -0.479 e. The summed E-state index contributed by atoms with van der Waals surface area (Å²) in [6.45, 7) is 4.24. The lowest BCUT2D eigenvalue weighted by Crippen LogP contribution is -2.76. The first-order valence-electron chi connectivity index (χ1n) is 10.3. The Bertz CT molecular complexity index is 910. The van der Waals surface area contributed by atoms with E-state index in [9.17, 15) is 4.79 Å². The molecule has 7 rings (SSSR count). The number of esters is 1. The Labute approximate surface area is 162 Å². The number of nitrogens with zero attached hydrogens (tertiary/aromatic N) is 1. The molecule has 4 heterocycles. The average molecular weight is 385 g/mol. The molecule has 5 atom stereocenters. The molecule has 7 nitrogen and oxygen atoms in total. The van der Waals surface area contributed by atoms with Gasteiger partial charge in [0, 0.05) is 31.5 Å². The van der Waals surface area contributed by atoms with Gasteiger partial charge in [0.05, 0.1) is 24.2 Å². The molecule has 28 heavy (non-hydrogen) atoms. The van der Waals surface area contributed by atoms with Gasteiger partial charge >= 0.3 is 5.97 Å². The third-order valence-corrected chi connectivity index (χ3v) is 8.04. The van der Waals surface area contributed by atoms with E-state index < -0.39 is 5.79 Å². The van der Waals surface area contributed by atoms with Crippen LogP contribution in [-0.2, 0) is 30.8 Å². The van der Waals surface area contributed by atoms with Crippen molar-refractivity contribution in [3.05, 3.63) is 23.3 Å². The highest BCUT2D eigenvalue weighted by molar-refractivity contribution is 5.73. The van der Waals surface area contributed by atoms with Crippen LogP contribution in [0.3, 0.4) is 0 Å². The number of hydrogen-bond donors (Lipinski definition) is 0. The molecule has 0 aromatic heterocycles. The average Bonchev–Trinajstić information content (AvgIpc) is 3.32. The summed E-state index contributed by atoms with van der Waals surface area (Å²) in [5.41, 5.74) is 1.84. The van der Waals surface area contributed by atoms with E-state index in [2.05, 4.69) is 11.0 Å². The highest BCUT2D eigenvalue weighted by Crippen LogP contribution is 2.70. The summed E-state index contributed by atoms with van der Waals surface area (Å²) in [6, 6.07) is 4.33. The Kier molecular flexibility index (Phi) is 2.83. The summed E-state index contributed by atoms with van der Waals surface area (Å²) in [7, 11) is 0. The van der Waals surface area contributed by atoms with Crippen LogP contribution in [-0.4, -0.2) is 60.9 Å². The van der Waals surface area contributed by atoms with Gasteiger partial charge in [-0.05, 0) is 30.9 Å². The summed E-state index contributed by atoms with van der Waals surface area (Å²) in [5, 5.41) is 0. The Morgan fingerprint density at radius 3 is 2.86 bits per heavy atom. The van der Waals surface area contributed by atoms with Crippen molar-refractivity contribution in [2.45, 2.75) is 61.6 Å². The lowest BCUT2D eigenvalue weighted by molar-refractivity contribution is -0.283. The van der Waals surface area contributed by atoms with Gasteiger partial charge in [-0.25, -0.2) is 0 Å². The molecule has 4 fully saturated rings. The summed E-state index contributed by atoms with van der Waals surface area (Å²) >= 11 is 0. The van der Waals surface area contributed by atoms with E-state index in [1.54, 1.807) is 0 Å². The number of ether oxygens (including phenoxy) is 5. The third-order valence-electron chi connectivity index (χ3n) is 8.04. The molecule has 0 radical (unpaired) electrons. The van der Waals surface area contributed by atoms with Crippen molar-refractivity contribution < 1.29 is 28.5 Å². The SMILES string of the molecule is CC(=O)Oc1ccc2c3c1O[C@H]1C4(CC[C@]56OCN(CC[C@]315)[C@@H]6C2)OCCO4. The number of hydrogen-bond acceptors (Lipinski definition) is 7. The Morgan fingerprint density at radius 1 is 1.18 bits per heavy atom. The molecule has 148 valence electrons. The minimum atomic E-state index is -0.745. The maximum atomic E-state index is 11.7. The zero-order valence-corrected chi connectivity index (χ0v) is 15.9. The molecule has 4 aliphatic heterocycles. The second-order valence-electron chi connectivity index (χ2n) is 8.94. The molecule has 2 aliphatic carbocycles. The zero-order chi connectivity index (χ0) is 18.7. The van der Waals surface area contributed by atoms with Gasteiger partial charge in [0.15, 0.2) is 17.6 Å². The van der Waals surface area contributed by atoms with Gasteiger partial charge in [-0.3, -0.25) is 9.69 Å². The molecular formula is C21H23NO6. The quantitative estimate of drug-likeness (QED) is 0.536. The van der Waals surface area contributed by atoms with E-state index in [1.807, 2.05) is 6.07 Å². The van der Waals surface area contributed by atoms with Gasteiger partial charge in [0.1, 0.15) is 6.73 Å². The first kappa shape index (κ1) is 16.2. The van der Waals surface area contributed by atoms with Gasteiger partial charge in [-0.2, -0.15) is 0 Å². The lowest BCUT2D eigenvalue weighted by atomic mass is 9.48. The van der Waals surface area contributed by atoms with Crippen LogP contribution >= 0.6 is 0 Å². The fraction of sp³-hybridized carbons (Fsp3) is 0.667. The molecule has 0 amide bonds. The first-order valence-corrected chi connectivity index (χ1v) is 10.3. The molecule has 1 unspecified atom stereocenters. The van der Waals surface area contributed by atoms with Gasteiger partial charge in [0.25, 0.3) is 0 Å². The Hall–Kier alpha value is -1.67. The Morgan fingerprint density at radius 2 is 2.04 bits per heavy atom. The molecule has 3 spiro atoms. The predicted molar refractivity (Wildman–Crippen MR) is 95.2 cm³/mol. The van der Waals surface area contributed by atoms with Crippen LogP contribution in [0.2, 0.25) is 0 Å². The Balaban J connectivity index is 1.52. The van der Waals surface area contributed by atoms with Crippen molar-refractivity contribution in [3.63, 3.8) is 0 Å². The smallest absolute Gasteiger partial charge is 0.308 e. The molecule has 1 aromatic carbocycles. The molecule has 3 saturated heterocycles. The van der Waals surface area contributed by atoms with E-state index in [-0.39, 0.29) is 23.1 Å². The van der Waals surface area contributed by atoms with E-state index in [4.69, 9.17) is 23.7 Å². The second kappa shape index (κ2) is 4.90. The van der Waals surface area contributed by atoms with Crippen LogP contribution in [0.4, 0.5) is 0 Å². The third kappa shape index (κ3) is 1.55. The van der Waals surface area contributed by atoms with Crippen molar-refractivity contribution in [2.75, 3.05) is 26.5 Å². The van der Waals surface area contributed by atoms with Crippen LogP contribution in [0.15, 0.2) is 12.1 Å². The van der Waals surface area contributed by atoms with Crippen LogP contribution in [0.1, 0.15) is 37.3 Å². The summed E-state index contributed by atoms with van der Waals surface area (Å²) in [4.78, 5) is 14.2. The molecule has 7 heteroatoms. The van der Waals surface area contributed by atoms with Gasteiger partial charge in [0.2, 0.25) is 5.79 Å². The normalized spacial score (nSPS) is 43.0. The number of piperidine rings is 1. The van der Waals surface area contributed by atoms with Gasteiger partial charge in [-0.1, -0.05) is 6.07 Å². The standard InChI is InChI=1S/C21H23NO6/c1-12(23)27-14-3-2-13-10-15-20-4-5-21(24-8-9-25-21)18-19(20,16(13)17(14)28-18)6-7-22(15)11-26-20/h2-3,15,18H,4-11H2,1H3/t15-,18-,19+,20-/m1/s1. The maximum absolute atomic E-state index is 11.7. The fourth-order valence-corrected chi connectivity index (χ4v) is 7.20. The van der Waals surface area contributed by atoms with E-state index >= 15 is 0 Å². The van der Waals surface area contributed by atoms with Crippen molar-refractivity contribution in [2.24, 2.45) is 0 Å². The number of carbonyl (C=O) groups excluding carboxylic acids is 1.